The minimum absolute atomic E-state index is 0.0555. The molecule has 0 radical (unpaired) electrons. The maximum atomic E-state index is 13.8. The number of benzene rings is 1. The van der Waals surface area contributed by atoms with Crippen LogP contribution in [0.3, 0.4) is 0 Å². The van der Waals surface area contributed by atoms with Crippen molar-refractivity contribution >= 4 is 5.97 Å². The van der Waals surface area contributed by atoms with Crippen molar-refractivity contribution in [3.05, 3.63) is 35.4 Å². The molecule has 0 heterocycles. The van der Waals surface area contributed by atoms with Gasteiger partial charge in [-0.1, -0.05) is 12.1 Å². The molecule has 0 bridgehead atoms. The van der Waals surface area contributed by atoms with Crippen LogP contribution < -0.4 is 5.32 Å². The van der Waals surface area contributed by atoms with E-state index in [9.17, 15) is 26.7 Å². The Balaban J connectivity index is 2.76. The third-order valence-electron chi connectivity index (χ3n) is 3.08. The molecule has 0 saturated carbocycles. The van der Waals surface area contributed by atoms with Crippen molar-refractivity contribution in [3.8, 4) is 0 Å². The molecule has 0 saturated heterocycles. The Morgan fingerprint density at radius 1 is 1.27 bits per heavy atom. The molecule has 22 heavy (non-hydrogen) atoms. The monoisotopic (exact) mass is 325 g/mol. The van der Waals surface area contributed by atoms with Crippen LogP contribution in [-0.2, 0) is 4.79 Å². The van der Waals surface area contributed by atoms with Gasteiger partial charge < -0.3 is 10.4 Å². The first-order chi connectivity index (χ1) is 10.2. The SMILES string of the molecule is O=C(O)CCCC(CNCC(F)(F)F)c1cccc(F)c1F. The Morgan fingerprint density at radius 3 is 2.55 bits per heavy atom. The summed E-state index contributed by atoms with van der Waals surface area (Å²) in [6.45, 7) is -1.47. The van der Waals surface area contributed by atoms with Crippen molar-refractivity contribution < 1.29 is 31.9 Å². The average Bonchev–Trinajstić information content (AvgIpc) is 2.39. The van der Waals surface area contributed by atoms with E-state index >= 15 is 0 Å². The number of hydrogen-bond acceptors (Lipinski definition) is 2. The lowest BCUT2D eigenvalue weighted by atomic mass is 9.92. The van der Waals surface area contributed by atoms with Crippen LogP contribution in [0.1, 0.15) is 30.7 Å². The number of carbonyl (C=O) groups is 1. The van der Waals surface area contributed by atoms with E-state index in [2.05, 4.69) is 5.32 Å². The van der Waals surface area contributed by atoms with Crippen molar-refractivity contribution in [2.24, 2.45) is 0 Å². The van der Waals surface area contributed by atoms with Crippen LogP contribution in [0.25, 0.3) is 0 Å². The summed E-state index contributed by atoms with van der Waals surface area (Å²) in [7, 11) is 0. The number of carboxylic acid groups (broad SMARTS) is 1. The summed E-state index contributed by atoms with van der Waals surface area (Å²) >= 11 is 0. The van der Waals surface area contributed by atoms with Gasteiger partial charge in [-0.25, -0.2) is 8.78 Å². The van der Waals surface area contributed by atoms with E-state index in [1.165, 1.54) is 12.1 Å². The molecule has 8 heteroatoms. The number of rotatable bonds is 8. The second-order valence-electron chi connectivity index (χ2n) is 4.87. The van der Waals surface area contributed by atoms with Crippen LogP contribution in [0.2, 0.25) is 0 Å². The summed E-state index contributed by atoms with van der Waals surface area (Å²) in [4.78, 5) is 10.5. The number of aliphatic carboxylic acids is 1. The molecule has 0 aliphatic carbocycles. The highest BCUT2D eigenvalue weighted by molar-refractivity contribution is 5.66. The minimum Gasteiger partial charge on any atom is -0.481 e. The molecule has 0 fully saturated rings. The van der Waals surface area contributed by atoms with Gasteiger partial charge in [-0.3, -0.25) is 4.79 Å². The van der Waals surface area contributed by atoms with Crippen LogP contribution in [-0.4, -0.2) is 30.3 Å². The van der Waals surface area contributed by atoms with Gasteiger partial charge in [-0.2, -0.15) is 13.2 Å². The second-order valence-corrected chi connectivity index (χ2v) is 4.87. The third-order valence-corrected chi connectivity index (χ3v) is 3.08. The largest absolute Gasteiger partial charge is 0.481 e. The molecule has 1 atom stereocenters. The summed E-state index contributed by atoms with van der Waals surface area (Å²) in [6.07, 6.45) is -4.31. The fraction of sp³-hybridized carbons (Fsp3) is 0.500. The molecule has 124 valence electrons. The Morgan fingerprint density at radius 2 is 1.95 bits per heavy atom. The average molecular weight is 325 g/mol. The topological polar surface area (TPSA) is 49.3 Å². The molecule has 0 aliphatic heterocycles. The molecule has 0 spiro atoms. The molecule has 2 N–H and O–H groups in total. The summed E-state index contributed by atoms with van der Waals surface area (Å²) < 4.78 is 63.4. The van der Waals surface area contributed by atoms with E-state index < -0.39 is 36.2 Å². The molecular weight excluding hydrogens is 309 g/mol. The molecule has 1 rings (SSSR count). The Hall–Kier alpha value is -1.70. The fourth-order valence-corrected chi connectivity index (χ4v) is 2.09. The van der Waals surface area contributed by atoms with E-state index in [4.69, 9.17) is 5.11 Å². The third kappa shape index (κ3) is 6.38. The molecule has 0 amide bonds. The molecular formula is C14H16F5NO2. The normalized spacial score (nSPS) is 13.1. The van der Waals surface area contributed by atoms with Gasteiger partial charge >= 0.3 is 12.1 Å². The number of alkyl halides is 3. The van der Waals surface area contributed by atoms with Gasteiger partial charge in [-0.15, -0.1) is 0 Å². The standard InChI is InChI=1S/C14H16F5NO2/c15-11-5-2-4-10(13(11)16)9(3-1-6-12(21)22)7-20-8-14(17,18)19/h2,4-5,9,20H,1,3,6-8H2,(H,21,22). The lowest BCUT2D eigenvalue weighted by Crippen LogP contribution is -2.32. The van der Waals surface area contributed by atoms with Crippen LogP contribution in [0.4, 0.5) is 22.0 Å². The molecule has 3 nitrogen and oxygen atoms in total. The van der Waals surface area contributed by atoms with Crippen LogP contribution in [0, 0.1) is 11.6 Å². The first-order valence-electron chi connectivity index (χ1n) is 6.64. The van der Waals surface area contributed by atoms with E-state index in [0.29, 0.717) is 0 Å². The van der Waals surface area contributed by atoms with Gasteiger partial charge in [0.05, 0.1) is 6.54 Å². The van der Waals surface area contributed by atoms with Crippen LogP contribution >= 0.6 is 0 Å². The van der Waals surface area contributed by atoms with Crippen molar-refractivity contribution in [3.63, 3.8) is 0 Å². The van der Waals surface area contributed by atoms with Gasteiger partial charge in [0.15, 0.2) is 11.6 Å². The quantitative estimate of drug-likeness (QED) is 0.720. The smallest absolute Gasteiger partial charge is 0.401 e. The van der Waals surface area contributed by atoms with E-state index in [0.717, 1.165) is 6.07 Å². The number of nitrogens with one attached hydrogen (secondary N) is 1. The maximum Gasteiger partial charge on any atom is 0.401 e. The van der Waals surface area contributed by atoms with Crippen LogP contribution in [0.5, 0.6) is 0 Å². The summed E-state index contributed by atoms with van der Waals surface area (Å²) in [5.41, 5.74) is -0.0555. The fourth-order valence-electron chi connectivity index (χ4n) is 2.09. The van der Waals surface area contributed by atoms with Gasteiger partial charge in [0.1, 0.15) is 0 Å². The van der Waals surface area contributed by atoms with E-state index in [1.807, 2.05) is 0 Å². The number of hydrogen-bond donors (Lipinski definition) is 2. The van der Waals surface area contributed by atoms with Crippen molar-refractivity contribution in [2.45, 2.75) is 31.4 Å². The lowest BCUT2D eigenvalue weighted by molar-refractivity contribution is -0.137. The predicted molar refractivity (Wildman–Crippen MR) is 69.5 cm³/mol. The maximum absolute atomic E-state index is 13.8. The summed E-state index contributed by atoms with van der Waals surface area (Å²) in [6, 6.07) is 3.47. The van der Waals surface area contributed by atoms with Crippen molar-refractivity contribution in [1.82, 2.24) is 5.32 Å². The molecule has 1 unspecified atom stereocenters. The zero-order valence-corrected chi connectivity index (χ0v) is 11.6. The Kier molecular flexibility index (Phi) is 6.73. The lowest BCUT2D eigenvalue weighted by Gasteiger charge is -2.19. The number of carboxylic acids is 1. The Labute approximate surface area is 124 Å². The first kappa shape index (κ1) is 18.3. The highest BCUT2D eigenvalue weighted by Crippen LogP contribution is 2.26. The molecule has 1 aromatic rings. The van der Waals surface area contributed by atoms with Gasteiger partial charge in [0.25, 0.3) is 0 Å². The Bertz CT molecular complexity index is 504. The molecule has 0 aliphatic rings. The van der Waals surface area contributed by atoms with Crippen molar-refractivity contribution in [1.29, 1.82) is 0 Å². The van der Waals surface area contributed by atoms with Crippen molar-refractivity contribution in [2.75, 3.05) is 13.1 Å². The molecule has 0 aromatic heterocycles. The highest BCUT2D eigenvalue weighted by atomic mass is 19.4. The highest BCUT2D eigenvalue weighted by Gasteiger charge is 2.27. The number of halogens is 5. The summed E-state index contributed by atoms with van der Waals surface area (Å²) in [5, 5.41) is 10.7. The van der Waals surface area contributed by atoms with Gasteiger partial charge in [0.2, 0.25) is 0 Å². The predicted octanol–water partition coefficient (Wildman–Crippen LogP) is 3.46. The molecule has 1 aromatic carbocycles. The zero-order valence-electron chi connectivity index (χ0n) is 11.6. The zero-order chi connectivity index (χ0) is 16.8. The van der Waals surface area contributed by atoms with E-state index in [-0.39, 0.29) is 31.4 Å². The minimum atomic E-state index is -4.41. The second kappa shape index (κ2) is 8.07. The van der Waals surface area contributed by atoms with Gasteiger partial charge in [-0.05, 0) is 30.4 Å². The van der Waals surface area contributed by atoms with E-state index in [1.54, 1.807) is 0 Å². The van der Waals surface area contributed by atoms with Gasteiger partial charge in [0, 0.05) is 13.0 Å². The first-order valence-corrected chi connectivity index (χ1v) is 6.64. The summed E-state index contributed by atoms with van der Waals surface area (Å²) in [5.74, 6) is -3.99. The van der Waals surface area contributed by atoms with Crippen LogP contribution in [0.15, 0.2) is 18.2 Å².